The van der Waals surface area contributed by atoms with E-state index in [2.05, 4.69) is 204 Å². The lowest BCUT2D eigenvalue weighted by atomic mass is 9.89. The van der Waals surface area contributed by atoms with Gasteiger partial charge in [0, 0.05) is 39.9 Å². The number of fused-ring (bicyclic) bond motifs is 9. The van der Waals surface area contributed by atoms with Crippen molar-refractivity contribution in [3.05, 3.63) is 217 Å². The van der Waals surface area contributed by atoms with E-state index in [1.807, 2.05) is 0 Å². The van der Waals surface area contributed by atoms with Gasteiger partial charge in [0.15, 0.2) is 0 Å². The van der Waals surface area contributed by atoms with E-state index in [4.69, 9.17) is 0 Å². The van der Waals surface area contributed by atoms with Crippen LogP contribution < -0.4 is 9.80 Å². The topological polar surface area (TPSA) is 6.48 Å². The largest absolute Gasteiger partial charge is 0.333 e. The summed E-state index contributed by atoms with van der Waals surface area (Å²) in [6, 6.07) is 61.2. The Morgan fingerprint density at radius 1 is 0.554 bits per heavy atom. The summed E-state index contributed by atoms with van der Waals surface area (Å²) >= 11 is 0. The van der Waals surface area contributed by atoms with Crippen molar-refractivity contribution in [3.8, 4) is 11.1 Å². The molecule has 0 saturated carbocycles. The maximum absolute atomic E-state index is 2.60. The van der Waals surface area contributed by atoms with E-state index >= 15 is 0 Å². The lowest BCUT2D eigenvalue weighted by molar-refractivity contribution is 0.745. The van der Waals surface area contributed by atoms with E-state index in [0.717, 1.165) is 12.8 Å². The van der Waals surface area contributed by atoms with Crippen LogP contribution >= 0.6 is 0 Å². The Labute approximate surface area is 327 Å². The highest BCUT2D eigenvalue weighted by Crippen LogP contribution is 2.55. The van der Waals surface area contributed by atoms with E-state index in [1.165, 1.54) is 99.7 Å². The van der Waals surface area contributed by atoms with Crippen LogP contribution in [0.5, 0.6) is 0 Å². The zero-order valence-corrected chi connectivity index (χ0v) is 30.9. The van der Waals surface area contributed by atoms with Crippen molar-refractivity contribution in [1.82, 2.24) is 0 Å². The van der Waals surface area contributed by atoms with Crippen LogP contribution in [0.3, 0.4) is 0 Å². The van der Waals surface area contributed by atoms with Crippen molar-refractivity contribution < 1.29 is 0 Å². The normalized spacial score (nSPS) is 17.7. The summed E-state index contributed by atoms with van der Waals surface area (Å²) in [6.07, 6.45) is 13.7. The lowest BCUT2D eigenvalue weighted by Gasteiger charge is -2.33. The fourth-order valence-electron chi connectivity index (χ4n) is 10.1. The molecule has 0 bridgehead atoms. The summed E-state index contributed by atoms with van der Waals surface area (Å²) in [5.41, 5.74) is 15.5. The van der Waals surface area contributed by atoms with Gasteiger partial charge < -0.3 is 9.80 Å². The van der Waals surface area contributed by atoms with Crippen LogP contribution in [0, 0.1) is 0 Å². The van der Waals surface area contributed by atoms with Crippen LogP contribution in [0.25, 0.3) is 54.6 Å². The third kappa shape index (κ3) is 4.69. The molecule has 1 aliphatic heterocycles. The molecule has 0 aromatic heterocycles. The molecule has 2 heteroatoms. The predicted octanol–water partition coefficient (Wildman–Crippen LogP) is 14.3. The highest BCUT2D eigenvalue weighted by molar-refractivity contribution is 6.29. The van der Waals surface area contributed by atoms with Gasteiger partial charge >= 0.3 is 0 Å². The van der Waals surface area contributed by atoms with E-state index in [9.17, 15) is 0 Å². The molecule has 0 amide bonds. The van der Waals surface area contributed by atoms with Gasteiger partial charge in [-0.15, -0.1) is 0 Å². The van der Waals surface area contributed by atoms with Crippen LogP contribution in [-0.2, 0) is 0 Å². The first-order chi connectivity index (χ1) is 27.8. The number of nitrogens with zero attached hydrogens (tertiary/aromatic N) is 2. The Morgan fingerprint density at radius 2 is 1.32 bits per heavy atom. The van der Waals surface area contributed by atoms with Crippen LogP contribution in [0.4, 0.5) is 22.7 Å². The smallest absolute Gasteiger partial charge is 0.0629 e. The number of allylic oxidation sites excluding steroid dienone is 6. The minimum Gasteiger partial charge on any atom is -0.333 e. The van der Waals surface area contributed by atoms with Gasteiger partial charge in [-0.05, 0) is 127 Å². The number of hydrogen-bond donors (Lipinski definition) is 0. The van der Waals surface area contributed by atoms with Crippen molar-refractivity contribution in [2.75, 3.05) is 9.80 Å². The number of hydrogen-bond acceptors (Lipinski definition) is 2. The molecule has 0 radical (unpaired) electrons. The Hall–Kier alpha value is -6.90. The Morgan fingerprint density at radius 3 is 2.25 bits per heavy atom. The maximum atomic E-state index is 2.60. The molecular weight excluding hydrogens is 677 g/mol. The van der Waals surface area contributed by atoms with Crippen molar-refractivity contribution in [2.45, 2.75) is 24.8 Å². The minimum absolute atomic E-state index is 0.211. The molecule has 0 N–H and O–H groups in total. The van der Waals surface area contributed by atoms with Crippen LogP contribution in [-0.4, -0.2) is 6.04 Å². The van der Waals surface area contributed by atoms with Crippen molar-refractivity contribution >= 4 is 66.2 Å². The highest BCUT2D eigenvalue weighted by Gasteiger charge is 2.39. The van der Waals surface area contributed by atoms with Crippen molar-refractivity contribution in [2.24, 2.45) is 0 Å². The second kappa shape index (κ2) is 12.3. The lowest BCUT2D eigenvalue weighted by Crippen LogP contribution is -2.28. The fourth-order valence-corrected chi connectivity index (χ4v) is 10.1. The van der Waals surface area contributed by atoms with Crippen molar-refractivity contribution in [3.63, 3.8) is 0 Å². The first-order valence-corrected chi connectivity index (χ1v) is 19.9. The average molecular weight is 715 g/mol. The van der Waals surface area contributed by atoms with Crippen molar-refractivity contribution in [1.29, 1.82) is 0 Å². The van der Waals surface area contributed by atoms with Gasteiger partial charge in [-0.2, -0.15) is 0 Å². The van der Waals surface area contributed by atoms with Gasteiger partial charge in [0.25, 0.3) is 0 Å². The van der Waals surface area contributed by atoms with E-state index < -0.39 is 0 Å². The predicted molar refractivity (Wildman–Crippen MR) is 237 cm³/mol. The summed E-state index contributed by atoms with van der Waals surface area (Å²) in [5.74, 6) is 0.245. The molecule has 0 saturated heterocycles. The summed E-state index contributed by atoms with van der Waals surface area (Å²) in [7, 11) is 0. The summed E-state index contributed by atoms with van der Waals surface area (Å²) < 4.78 is 0. The second-order valence-corrected chi connectivity index (χ2v) is 15.5. The van der Waals surface area contributed by atoms with Gasteiger partial charge in [-0.25, -0.2) is 0 Å². The SMILES string of the molecule is C1=CC2c3cc(N(C4=C5C(=CCC4)c4c6ccccc6cc6cccc5c46)c4cccc(-c5ccccc5)c4)ccc3N(c3ccc4ccccc4c3)C2C=C1. The molecule has 0 fully saturated rings. The summed E-state index contributed by atoms with van der Waals surface area (Å²) in [5, 5.41) is 7.86. The highest BCUT2D eigenvalue weighted by atomic mass is 15.2. The van der Waals surface area contributed by atoms with Gasteiger partial charge in [0.2, 0.25) is 0 Å². The maximum Gasteiger partial charge on any atom is 0.0629 e. The molecule has 264 valence electrons. The molecule has 2 nitrogen and oxygen atoms in total. The molecule has 0 spiro atoms. The number of anilines is 4. The molecule has 1 heterocycles. The molecule has 8 aromatic rings. The summed E-state index contributed by atoms with van der Waals surface area (Å²) in [6.45, 7) is 0. The standard InChI is InChI=1S/C54H38N2/c1-2-13-35(14-3-1)38-18-10-20-41(32-38)55(51-26-12-24-47-53(51)46-23-11-19-40-31-39-17-6-7-21-44(39)54(47)52(40)46)43-29-30-50-48(34-43)45-22-8-9-25-49(45)56(50)42-28-27-36-15-4-5-16-37(36)33-42/h1-11,13-25,27-34,45,49H,12,26H2. The van der Waals surface area contributed by atoms with Crippen LogP contribution in [0.15, 0.2) is 200 Å². The minimum atomic E-state index is 0.211. The molecule has 4 aliphatic rings. The molecule has 2 atom stereocenters. The van der Waals surface area contributed by atoms with Crippen LogP contribution in [0.2, 0.25) is 0 Å². The van der Waals surface area contributed by atoms with E-state index in [0.29, 0.717) is 0 Å². The van der Waals surface area contributed by atoms with E-state index in [1.54, 1.807) is 0 Å². The molecule has 2 unspecified atom stereocenters. The van der Waals surface area contributed by atoms with Gasteiger partial charge in [0.05, 0.1) is 6.04 Å². The van der Waals surface area contributed by atoms with Gasteiger partial charge in [0.1, 0.15) is 0 Å². The first-order valence-electron chi connectivity index (χ1n) is 19.9. The van der Waals surface area contributed by atoms with E-state index in [-0.39, 0.29) is 12.0 Å². The van der Waals surface area contributed by atoms with Crippen LogP contribution in [0.1, 0.15) is 35.4 Å². The second-order valence-electron chi connectivity index (χ2n) is 15.5. The Bertz CT molecular complexity index is 3050. The molecule has 56 heavy (non-hydrogen) atoms. The average Bonchev–Trinajstić information content (AvgIpc) is 3.78. The monoisotopic (exact) mass is 714 g/mol. The zero-order chi connectivity index (χ0) is 36.7. The third-order valence-corrected chi connectivity index (χ3v) is 12.5. The first kappa shape index (κ1) is 31.5. The Balaban J connectivity index is 1.08. The molecular formula is C54H38N2. The zero-order valence-electron chi connectivity index (χ0n) is 30.9. The molecule has 3 aliphatic carbocycles. The van der Waals surface area contributed by atoms with Gasteiger partial charge in [-0.1, -0.05) is 146 Å². The molecule has 12 rings (SSSR count). The van der Waals surface area contributed by atoms with Gasteiger partial charge in [-0.3, -0.25) is 0 Å². The molecule has 8 aromatic carbocycles. The third-order valence-electron chi connectivity index (χ3n) is 12.5. The fraction of sp³-hybridized carbons (Fsp3) is 0.0741. The number of benzene rings is 8. The number of rotatable bonds is 5. The summed E-state index contributed by atoms with van der Waals surface area (Å²) in [4.78, 5) is 5.15. The quantitative estimate of drug-likeness (QED) is 0.164. The Kier molecular flexibility index (Phi) is 6.91.